The number of aromatic nitrogens is 1. The maximum atomic E-state index is 11.2. The molecule has 0 atom stereocenters. The number of methoxy groups -OCH3 is 1. The number of hydrogen-bond donors (Lipinski definition) is 1. The number of carbonyl (C=O) groups excluding carboxylic acids is 1. The Bertz CT molecular complexity index is 730. The van der Waals surface area contributed by atoms with Crippen molar-refractivity contribution in [1.29, 1.82) is 0 Å². The Hall–Kier alpha value is -2.61. The quantitative estimate of drug-likeness (QED) is 0.419. The van der Waals surface area contributed by atoms with Crippen molar-refractivity contribution in [2.24, 2.45) is 5.10 Å². The minimum atomic E-state index is -0.321. The fourth-order valence-electron chi connectivity index (χ4n) is 1.97. The topological polar surface area (TPSA) is 82.0 Å². The summed E-state index contributed by atoms with van der Waals surface area (Å²) in [5.74, 6) is 1.07. The molecule has 25 heavy (non-hydrogen) atoms. The molecule has 2 aromatic rings. The predicted molar refractivity (Wildman–Crippen MR) is 97.8 cm³/mol. The van der Waals surface area contributed by atoms with E-state index in [1.807, 2.05) is 32.0 Å². The van der Waals surface area contributed by atoms with Crippen molar-refractivity contribution in [2.75, 3.05) is 25.7 Å². The van der Waals surface area contributed by atoms with E-state index in [0.29, 0.717) is 35.5 Å². The first-order valence-electron chi connectivity index (χ1n) is 7.86. The number of esters is 1. The Kier molecular flexibility index (Phi) is 7.21. The molecular weight excluding hydrogens is 342 g/mol. The Morgan fingerprint density at radius 3 is 2.76 bits per heavy atom. The second-order valence-electron chi connectivity index (χ2n) is 4.84. The maximum Gasteiger partial charge on any atom is 0.311 e. The van der Waals surface area contributed by atoms with E-state index in [0.717, 1.165) is 5.56 Å². The summed E-state index contributed by atoms with van der Waals surface area (Å²) in [6.07, 6.45) is 1.81. The number of hydrazone groups is 1. The lowest BCUT2D eigenvalue weighted by molar-refractivity contribution is -0.139. The van der Waals surface area contributed by atoms with E-state index in [1.165, 1.54) is 18.4 Å². The highest BCUT2D eigenvalue weighted by molar-refractivity contribution is 7.13. The number of ether oxygens (including phenoxy) is 3. The van der Waals surface area contributed by atoms with E-state index in [9.17, 15) is 4.79 Å². The highest BCUT2D eigenvalue weighted by atomic mass is 32.1. The highest BCUT2D eigenvalue weighted by Crippen LogP contribution is 2.28. The highest BCUT2D eigenvalue weighted by Gasteiger charge is 2.07. The van der Waals surface area contributed by atoms with Crippen LogP contribution in [0.1, 0.15) is 25.1 Å². The van der Waals surface area contributed by atoms with E-state index >= 15 is 0 Å². The molecule has 7 nitrogen and oxygen atoms in total. The third-order valence-electron chi connectivity index (χ3n) is 3.05. The van der Waals surface area contributed by atoms with Crippen molar-refractivity contribution in [3.63, 3.8) is 0 Å². The molecule has 8 heteroatoms. The summed E-state index contributed by atoms with van der Waals surface area (Å²) in [5.41, 5.74) is 4.36. The molecule has 0 aliphatic heterocycles. The number of nitrogens with one attached hydrogen (secondary N) is 1. The van der Waals surface area contributed by atoms with Gasteiger partial charge in [-0.1, -0.05) is 0 Å². The average Bonchev–Trinajstić information content (AvgIpc) is 3.04. The van der Waals surface area contributed by atoms with Gasteiger partial charge in [0.05, 0.1) is 38.7 Å². The lowest BCUT2D eigenvalue weighted by atomic mass is 10.2. The SMILES string of the molecule is CCOc1ccc(/C=N\Nc2nc(CC(=O)OC)cs2)cc1OCC. The minimum Gasteiger partial charge on any atom is -0.490 e. The molecule has 0 aliphatic rings. The van der Waals surface area contributed by atoms with Gasteiger partial charge in [-0.05, 0) is 37.6 Å². The van der Waals surface area contributed by atoms with Gasteiger partial charge in [0.1, 0.15) is 0 Å². The fraction of sp³-hybridized carbons (Fsp3) is 0.353. The van der Waals surface area contributed by atoms with Crippen LogP contribution >= 0.6 is 11.3 Å². The van der Waals surface area contributed by atoms with Crippen LogP contribution in [0.2, 0.25) is 0 Å². The van der Waals surface area contributed by atoms with E-state index in [2.05, 4.69) is 20.2 Å². The second kappa shape index (κ2) is 9.63. The molecule has 0 fully saturated rings. The third-order valence-corrected chi connectivity index (χ3v) is 3.84. The van der Waals surface area contributed by atoms with Crippen molar-refractivity contribution in [1.82, 2.24) is 4.98 Å². The Labute approximate surface area is 150 Å². The molecule has 2 rings (SSSR count). The molecule has 0 bridgehead atoms. The van der Waals surface area contributed by atoms with Crippen LogP contribution in [-0.2, 0) is 16.0 Å². The Balaban J connectivity index is 1.99. The first-order chi connectivity index (χ1) is 12.2. The van der Waals surface area contributed by atoms with Crippen LogP contribution in [0.3, 0.4) is 0 Å². The zero-order valence-corrected chi connectivity index (χ0v) is 15.3. The van der Waals surface area contributed by atoms with Crippen molar-refractivity contribution in [2.45, 2.75) is 20.3 Å². The van der Waals surface area contributed by atoms with Gasteiger partial charge in [0.25, 0.3) is 0 Å². The van der Waals surface area contributed by atoms with Gasteiger partial charge in [-0.15, -0.1) is 11.3 Å². The molecule has 0 spiro atoms. The van der Waals surface area contributed by atoms with Gasteiger partial charge in [0.15, 0.2) is 11.5 Å². The fourth-order valence-corrected chi connectivity index (χ4v) is 2.63. The van der Waals surface area contributed by atoms with Crippen molar-refractivity contribution < 1.29 is 19.0 Å². The smallest absolute Gasteiger partial charge is 0.311 e. The molecule has 0 saturated carbocycles. The van der Waals surface area contributed by atoms with Crippen LogP contribution in [0.25, 0.3) is 0 Å². The number of carbonyl (C=O) groups is 1. The molecule has 1 aromatic carbocycles. The summed E-state index contributed by atoms with van der Waals surface area (Å²) >= 11 is 1.37. The van der Waals surface area contributed by atoms with Gasteiger partial charge in [0, 0.05) is 5.38 Å². The molecular formula is C17H21N3O4S. The Morgan fingerprint density at radius 1 is 1.28 bits per heavy atom. The first-order valence-corrected chi connectivity index (χ1v) is 8.74. The van der Waals surface area contributed by atoms with E-state index in [-0.39, 0.29) is 12.4 Å². The molecule has 0 aliphatic carbocycles. The van der Waals surface area contributed by atoms with Crippen LogP contribution < -0.4 is 14.9 Å². The molecule has 1 aromatic heterocycles. The molecule has 0 amide bonds. The van der Waals surface area contributed by atoms with Crippen molar-refractivity contribution >= 4 is 28.7 Å². The zero-order chi connectivity index (χ0) is 18.1. The van der Waals surface area contributed by atoms with Gasteiger partial charge >= 0.3 is 5.97 Å². The summed E-state index contributed by atoms with van der Waals surface area (Å²) in [5, 5.41) is 6.56. The van der Waals surface area contributed by atoms with Crippen LogP contribution in [0.15, 0.2) is 28.7 Å². The van der Waals surface area contributed by atoms with Gasteiger partial charge in [0.2, 0.25) is 5.13 Å². The van der Waals surface area contributed by atoms with Crippen LogP contribution in [0.5, 0.6) is 11.5 Å². The summed E-state index contributed by atoms with van der Waals surface area (Å²) in [6.45, 7) is 4.98. The molecule has 0 unspecified atom stereocenters. The average molecular weight is 363 g/mol. The number of rotatable bonds is 9. The second-order valence-corrected chi connectivity index (χ2v) is 5.70. The summed E-state index contributed by atoms with van der Waals surface area (Å²) < 4.78 is 15.7. The summed E-state index contributed by atoms with van der Waals surface area (Å²) in [6, 6.07) is 5.61. The maximum absolute atomic E-state index is 11.2. The lowest BCUT2D eigenvalue weighted by Crippen LogP contribution is -2.04. The van der Waals surface area contributed by atoms with Gasteiger partial charge < -0.3 is 14.2 Å². The number of anilines is 1. The van der Waals surface area contributed by atoms with E-state index < -0.39 is 0 Å². The number of nitrogens with zero attached hydrogens (tertiary/aromatic N) is 2. The minimum absolute atomic E-state index is 0.148. The van der Waals surface area contributed by atoms with Gasteiger partial charge in [-0.25, -0.2) is 4.98 Å². The van der Waals surface area contributed by atoms with Crippen LogP contribution in [-0.4, -0.2) is 37.5 Å². The third kappa shape index (κ3) is 5.75. The van der Waals surface area contributed by atoms with Crippen molar-refractivity contribution in [3.8, 4) is 11.5 Å². The summed E-state index contributed by atoms with van der Waals surface area (Å²) in [7, 11) is 1.35. The number of thiazole rings is 1. The van der Waals surface area contributed by atoms with Gasteiger partial charge in [-0.2, -0.15) is 5.10 Å². The zero-order valence-electron chi connectivity index (χ0n) is 14.4. The molecule has 134 valence electrons. The molecule has 0 saturated heterocycles. The van der Waals surface area contributed by atoms with Crippen molar-refractivity contribution in [3.05, 3.63) is 34.8 Å². The van der Waals surface area contributed by atoms with Gasteiger partial charge in [-0.3, -0.25) is 10.2 Å². The summed E-state index contributed by atoms with van der Waals surface area (Å²) in [4.78, 5) is 15.5. The Morgan fingerprint density at radius 2 is 2.04 bits per heavy atom. The first kappa shape index (κ1) is 18.7. The largest absolute Gasteiger partial charge is 0.490 e. The van der Waals surface area contributed by atoms with Crippen LogP contribution in [0, 0.1) is 0 Å². The lowest BCUT2D eigenvalue weighted by Gasteiger charge is -2.11. The number of hydrogen-bond acceptors (Lipinski definition) is 8. The molecule has 1 N–H and O–H groups in total. The molecule has 0 radical (unpaired) electrons. The monoisotopic (exact) mass is 363 g/mol. The standard InChI is InChI=1S/C17H21N3O4S/c1-4-23-14-7-6-12(8-15(14)24-5-2)10-18-20-17-19-13(11-25-17)9-16(21)22-3/h6-8,10-11H,4-5,9H2,1-3H3,(H,19,20)/b18-10-. The van der Waals surface area contributed by atoms with Crippen LogP contribution in [0.4, 0.5) is 5.13 Å². The van der Waals surface area contributed by atoms with E-state index in [1.54, 1.807) is 11.6 Å². The molecule has 1 heterocycles. The predicted octanol–water partition coefficient (Wildman–Crippen LogP) is 3.10. The number of benzene rings is 1. The normalized spacial score (nSPS) is 10.7. The van der Waals surface area contributed by atoms with E-state index in [4.69, 9.17) is 9.47 Å².